The summed E-state index contributed by atoms with van der Waals surface area (Å²) in [4.78, 5) is 19.9. The van der Waals surface area contributed by atoms with Gasteiger partial charge in [0.25, 0.3) is 5.56 Å². The second-order valence-electron chi connectivity index (χ2n) is 7.55. The normalized spacial score (nSPS) is 15.7. The Morgan fingerprint density at radius 2 is 2.00 bits per heavy atom. The van der Waals surface area contributed by atoms with Gasteiger partial charge >= 0.3 is 0 Å². The minimum atomic E-state index is -0.762. The van der Waals surface area contributed by atoms with Crippen LogP contribution in [-0.2, 0) is 24.7 Å². The van der Waals surface area contributed by atoms with Crippen molar-refractivity contribution in [3.05, 3.63) is 69.1 Å². The first-order valence-corrected chi connectivity index (χ1v) is 9.31. The average Bonchev–Trinajstić information content (AvgIpc) is 2.68. The largest absolute Gasteiger partial charge is 0.384 e. The van der Waals surface area contributed by atoms with Gasteiger partial charge in [-0.05, 0) is 61.9 Å². The number of rotatable bonds is 3. The molecule has 0 fully saturated rings. The van der Waals surface area contributed by atoms with E-state index in [1.807, 2.05) is 37.3 Å². The summed E-state index contributed by atoms with van der Waals surface area (Å²) < 4.78 is 0. The zero-order chi connectivity index (χ0) is 19.0. The molecule has 1 aliphatic rings. The number of fused-ring (bicyclic) bond motifs is 3. The molecule has 1 unspecified atom stereocenters. The van der Waals surface area contributed by atoms with Crippen LogP contribution in [0.1, 0.15) is 42.1 Å². The van der Waals surface area contributed by atoms with Gasteiger partial charge < -0.3 is 10.7 Å². The first kappa shape index (κ1) is 17.3. The zero-order valence-corrected chi connectivity index (χ0v) is 15.4. The molecule has 0 bridgehead atoms. The lowest BCUT2D eigenvalue weighted by molar-refractivity contribution is 0.597. The number of nitriles is 1. The van der Waals surface area contributed by atoms with E-state index in [0.29, 0.717) is 12.2 Å². The Hall–Kier alpha value is -3.13. The molecule has 5 heteroatoms. The van der Waals surface area contributed by atoms with Gasteiger partial charge in [0.15, 0.2) is 0 Å². The Kier molecular flexibility index (Phi) is 4.19. The van der Waals surface area contributed by atoms with E-state index in [9.17, 15) is 10.1 Å². The second-order valence-corrected chi connectivity index (χ2v) is 7.55. The summed E-state index contributed by atoms with van der Waals surface area (Å²) in [7, 11) is 0. The SMILES string of the molecule is CC(C#N)(Cc1cccc(N)n1)c1ccc2c3c(c(=O)[nH]c2c1)CCCC3. The highest BCUT2D eigenvalue weighted by Crippen LogP contribution is 2.32. The molecule has 3 aromatic rings. The predicted molar refractivity (Wildman–Crippen MR) is 107 cm³/mol. The summed E-state index contributed by atoms with van der Waals surface area (Å²) in [5.74, 6) is 0.447. The Morgan fingerprint density at radius 1 is 1.22 bits per heavy atom. The molecule has 0 spiro atoms. The van der Waals surface area contributed by atoms with E-state index in [0.717, 1.165) is 53.4 Å². The van der Waals surface area contributed by atoms with E-state index in [2.05, 4.69) is 16.0 Å². The highest BCUT2D eigenvalue weighted by atomic mass is 16.1. The molecule has 0 saturated heterocycles. The van der Waals surface area contributed by atoms with Gasteiger partial charge in [0.2, 0.25) is 0 Å². The number of anilines is 1. The minimum Gasteiger partial charge on any atom is -0.384 e. The predicted octanol–water partition coefficient (Wildman–Crippen LogP) is 3.41. The number of nitrogens with two attached hydrogens (primary N) is 1. The highest BCUT2D eigenvalue weighted by Gasteiger charge is 2.28. The standard InChI is InChI=1S/C22H22N4O/c1-22(13-23,12-15-5-4-8-20(24)25-15)14-9-10-17-16-6-2-3-7-18(16)21(27)26-19(17)11-14/h4-5,8-11H,2-3,6-7,12H2,1H3,(H2,24,25)(H,26,27). The molecule has 1 aliphatic carbocycles. The highest BCUT2D eigenvalue weighted by molar-refractivity contribution is 5.84. The van der Waals surface area contributed by atoms with E-state index in [4.69, 9.17) is 5.73 Å². The van der Waals surface area contributed by atoms with Crippen LogP contribution in [0.5, 0.6) is 0 Å². The third kappa shape index (κ3) is 3.08. The fourth-order valence-corrected chi connectivity index (χ4v) is 4.07. The third-order valence-corrected chi connectivity index (χ3v) is 5.58. The molecule has 0 amide bonds. The van der Waals surface area contributed by atoms with Gasteiger partial charge in [-0.3, -0.25) is 4.79 Å². The van der Waals surface area contributed by atoms with Crippen LogP contribution >= 0.6 is 0 Å². The molecular formula is C22H22N4O. The number of benzene rings is 1. The first-order chi connectivity index (χ1) is 13.0. The summed E-state index contributed by atoms with van der Waals surface area (Å²) >= 11 is 0. The molecule has 136 valence electrons. The maximum Gasteiger partial charge on any atom is 0.251 e. The monoisotopic (exact) mass is 358 g/mol. The van der Waals surface area contributed by atoms with Gasteiger partial charge in [0.05, 0.1) is 11.5 Å². The number of pyridine rings is 2. The minimum absolute atomic E-state index is 0.00510. The summed E-state index contributed by atoms with van der Waals surface area (Å²) in [6, 6.07) is 13.9. The van der Waals surface area contributed by atoms with Crippen LogP contribution in [0.2, 0.25) is 0 Å². The summed E-state index contributed by atoms with van der Waals surface area (Å²) in [6.45, 7) is 1.90. The molecule has 3 N–H and O–H groups in total. The number of hydrogen-bond donors (Lipinski definition) is 2. The summed E-state index contributed by atoms with van der Waals surface area (Å²) in [5, 5.41) is 11.0. The quantitative estimate of drug-likeness (QED) is 0.750. The molecule has 0 saturated carbocycles. The van der Waals surface area contributed by atoms with Gasteiger partial charge in [-0.2, -0.15) is 5.26 Å². The fraction of sp³-hybridized carbons (Fsp3) is 0.318. The number of aryl methyl sites for hydroxylation is 1. The molecule has 0 radical (unpaired) electrons. The van der Waals surface area contributed by atoms with Crippen molar-refractivity contribution in [1.82, 2.24) is 9.97 Å². The van der Waals surface area contributed by atoms with Gasteiger partial charge in [-0.1, -0.05) is 18.2 Å². The Labute approximate surface area is 157 Å². The van der Waals surface area contributed by atoms with E-state index in [1.165, 1.54) is 5.56 Å². The van der Waals surface area contributed by atoms with Crippen molar-refractivity contribution in [2.75, 3.05) is 5.73 Å². The van der Waals surface area contributed by atoms with Crippen molar-refractivity contribution in [2.45, 2.75) is 44.4 Å². The number of aromatic amines is 1. The number of nitrogens with one attached hydrogen (secondary N) is 1. The topological polar surface area (TPSA) is 95.6 Å². The lowest BCUT2D eigenvalue weighted by Crippen LogP contribution is -2.24. The van der Waals surface area contributed by atoms with Gasteiger partial charge in [0.1, 0.15) is 5.82 Å². The van der Waals surface area contributed by atoms with Crippen molar-refractivity contribution in [3.8, 4) is 6.07 Å². The fourth-order valence-electron chi connectivity index (χ4n) is 4.07. The number of aromatic nitrogens is 2. The van der Waals surface area contributed by atoms with E-state index < -0.39 is 5.41 Å². The number of nitrogen functional groups attached to an aromatic ring is 1. The number of nitrogens with zero attached hydrogens (tertiary/aromatic N) is 2. The molecule has 1 atom stereocenters. The van der Waals surface area contributed by atoms with Crippen molar-refractivity contribution >= 4 is 16.7 Å². The van der Waals surface area contributed by atoms with Gasteiger partial charge in [-0.25, -0.2) is 4.98 Å². The van der Waals surface area contributed by atoms with Crippen LogP contribution in [0, 0.1) is 11.3 Å². The third-order valence-electron chi connectivity index (χ3n) is 5.58. The van der Waals surface area contributed by atoms with Crippen molar-refractivity contribution in [1.29, 1.82) is 5.26 Å². The molecule has 4 rings (SSSR count). The Balaban J connectivity index is 1.80. The smallest absolute Gasteiger partial charge is 0.251 e. The first-order valence-electron chi connectivity index (χ1n) is 9.31. The maximum absolute atomic E-state index is 12.5. The molecule has 5 nitrogen and oxygen atoms in total. The van der Waals surface area contributed by atoms with Crippen LogP contribution in [0.15, 0.2) is 41.2 Å². The Bertz CT molecular complexity index is 1130. The summed E-state index contributed by atoms with van der Waals surface area (Å²) in [6.07, 6.45) is 4.43. The van der Waals surface area contributed by atoms with E-state index in [1.54, 1.807) is 6.07 Å². The zero-order valence-electron chi connectivity index (χ0n) is 15.4. The Morgan fingerprint density at radius 3 is 2.74 bits per heavy atom. The number of hydrogen-bond acceptors (Lipinski definition) is 4. The maximum atomic E-state index is 12.5. The lowest BCUT2D eigenvalue weighted by atomic mass is 9.79. The van der Waals surface area contributed by atoms with Crippen LogP contribution in [0.25, 0.3) is 10.9 Å². The molecule has 2 heterocycles. The van der Waals surface area contributed by atoms with E-state index in [-0.39, 0.29) is 5.56 Å². The van der Waals surface area contributed by atoms with Crippen LogP contribution in [0.4, 0.5) is 5.82 Å². The van der Waals surface area contributed by atoms with Crippen LogP contribution < -0.4 is 11.3 Å². The van der Waals surface area contributed by atoms with Gasteiger partial charge in [-0.15, -0.1) is 0 Å². The average molecular weight is 358 g/mol. The van der Waals surface area contributed by atoms with Crippen LogP contribution in [-0.4, -0.2) is 9.97 Å². The summed E-state index contributed by atoms with van der Waals surface area (Å²) in [5.41, 5.74) is 9.57. The van der Waals surface area contributed by atoms with Gasteiger partial charge in [0, 0.05) is 28.6 Å². The second kappa shape index (κ2) is 6.55. The van der Waals surface area contributed by atoms with Crippen molar-refractivity contribution in [2.24, 2.45) is 0 Å². The van der Waals surface area contributed by atoms with Crippen molar-refractivity contribution < 1.29 is 0 Å². The molecule has 1 aromatic carbocycles. The number of H-pyrrole nitrogens is 1. The molecular weight excluding hydrogens is 336 g/mol. The molecule has 27 heavy (non-hydrogen) atoms. The van der Waals surface area contributed by atoms with E-state index >= 15 is 0 Å². The van der Waals surface area contributed by atoms with Crippen molar-refractivity contribution in [3.63, 3.8) is 0 Å². The molecule has 2 aromatic heterocycles. The van der Waals surface area contributed by atoms with Crippen LogP contribution in [0.3, 0.4) is 0 Å². The molecule has 0 aliphatic heterocycles. The lowest BCUT2D eigenvalue weighted by Gasteiger charge is -2.23.